The molecule has 124 valence electrons. The molecule has 0 aromatic heterocycles. The van der Waals surface area contributed by atoms with E-state index in [9.17, 15) is 0 Å². The van der Waals surface area contributed by atoms with Gasteiger partial charge >= 0.3 is 0 Å². The maximum absolute atomic E-state index is 6.22. The van der Waals surface area contributed by atoms with Crippen molar-refractivity contribution in [2.75, 3.05) is 26.3 Å². The molecule has 1 spiro atoms. The minimum atomic E-state index is -0.228. The van der Waals surface area contributed by atoms with Gasteiger partial charge in [0.05, 0.1) is 18.9 Å². The van der Waals surface area contributed by atoms with Crippen LogP contribution in [0, 0.1) is 6.92 Å². The third kappa shape index (κ3) is 3.08. The number of hydrogen-bond donors (Lipinski definition) is 1. The van der Waals surface area contributed by atoms with Gasteiger partial charge in [-0.25, -0.2) is 0 Å². The minimum absolute atomic E-state index is 0.228. The lowest BCUT2D eigenvalue weighted by Crippen LogP contribution is -2.37. The molecule has 0 saturated carbocycles. The van der Waals surface area contributed by atoms with Crippen LogP contribution in [0.5, 0.6) is 5.75 Å². The first-order valence-electron chi connectivity index (χ1n) is 8.55. The Labute approximate surface area is 137 Å². The summed E-state index contributed by atoms with van der Waals surface area (Å²) in [5.41, 5.74) is 3.03. The highest BCUT2D eigenvalue weighted by atomic mass is 16.7. The molecular weight excluding hydrogens is 292 g/mol. The number of benzene rings is 1. The molecule has 0 amide bonds. The molecule has 5 heteroatoms. The minimum Gasteiger partial charge on any atom is -0.489 e. The first-order valence-corrected chi connectivity index (χ1v) is 8.55. The number of ether oxygens (including phenoxy) is 2. The molecule has 4 rings (SSSR count). The second-order valence-corrected chi connectivity index (χ2v) is 6.86. The fraction of sp³-hybridized carbons (Fsp3) is 0.611. The van der Waals surface area contributed by atoms with E-state index < -0.39 is 0 Å². The summed E-state index contributed by atoms with van der Waals surface area (Å²) in [5, 5.41) is 7.72. The average Bonchev–Trinajstić information content (AvgIpc) is 3.21. The molecule has 3 heterocycles. The van der Waals surface area contributed by atoms with Crippen molar-refractivity contribution in [3.05, 3.63) is 29.3 Å². The fourth-order valence-electron chi connectivity index (χ4n) is 3.48. The largest absolute Gasteiger partial charge is 0.489 e. The summed E-state index contributed by atoms with van der Waals surface area (Å²) in [5.74, 6) is 0.961. The normalized spacial score (nSPS) is 30.3. The monoisotopic (exact) mass is 316 g/mol. The highest BCUT2D eigenvalue weighted by Gasteiger charge is 2.43. The number of oxime groups is 1. The fourth-order valence-corrected chi connectivity index (χ4v) is 3.48. The lowest BCUT2D eigenvalue weighted by Gasteiger charge is -2.25. The SMILES string of the molecule is Cc1ccc(C2=NOC3(CCOC3)C2)cc1OC1CCCNC1. The maximum atomic E-state index is 6.22. The van der Waals surface area contributed by atoms with Crippen LogP contribution in [0.25, 0.3) is 0 Å². The molecule has 1 aromatic rings. The van der Waals surface area contributed by atoms with E-state index in [0.717, 1.165) is 61.5 Å². The predicted molar refractivity (Wildman–Crippen MR) is 88.1 cm³/mol. The van der Waals surface area contributed by atoms with Gasteiger partial charge in [0, 0.05) is 24.9 Å². The summed E-state index contributed by atoms with van der Waals surface area (Å²) in [4.78, 5) is 5.70. The quantitative estimate of drug-likeness (QED) is 0.930. The lowest BCUT2D eigenvalue weighted by atomic mass is 9.93. The third-order valence-electron chi connectivity index (χ3n) is 4.97. The Morgan fingerprint density at radius 2 is 2.35 bits per heavy atom. The summed E-state index contributed by atoms with van der Waals surface area (Å²) in [6, 6.07) is 6.33. The van der Waals surface area contributed by atoms with Crippen LogP contribution in [0.2, 0.25) is 0 Å². The average molecular weight is 316 g/mol. The number of piperidine rings is 1. The van der Waals surface area contributed by atoms with Crippen molar-refractivity contribution in [3.63, 3.8) is 0 Å². The summed E-state index contributed by atoms with van der Waals surface area (Å²) < 4.78 is 11.7. The van der Waals surface area contributed by atoms with Gasteiger partial charge in [-0.2, -0.15) is 0 Å². The predicted octanol–water partition coefficient (Wildman–Crippen LogP) is 2.41. The lowest BCUT2D eigenvalue weighted by molar-refractivity contribution is -0.0237. The molecule has 3 aliphatic heterocycles. The van der Waals surface area contributed by atoms with E-state index in [0.29, 0.717) is 6.61 Å². The number of rotatable bonds is 3. The maximum Gasteiger partial charge on any atom is 0.168 e. The number of nitrogens with zero attached hydrogens (tertiary/aromatic N) is 1. The highest BCUT2D eigenvalue weighted by Crippen LogP contribution is 2.35. The van der Waals surface area contributed by atoms with Gasteiger partial charge in [0.15, 0.2) is 5.60 Å². The Hall–Kier alpha value is -1.59. The molecule has 2 atom stereocenters. The van der Waals surface area contributed by atoms with Gasteiger partial charge in [0.1, 0.15) is 11.9 Å². The second kappa shape index (κ2) is 6.13. The van der Waals surface area contributed by atoms with Crippen LogP contribution in [-0.2, 0) is 9.57 Å². The standard InChI is InChI=1S/C18H24N2O3/c1-13-4-5-14(9-17(13)22-15-3-2-7-19-11-15)16-10-18(23-20-16)6-8-21-12-18/h4-5,9,15,19H,2-3,6-8,10-12H2,1H3. The summed E-state index contributed by atoms with van der Waals surface area (Å²) in [7, 11) is 0. The van der Waals surface area contributed by atoms with E-state index in [2.05, 4.69) is 35.6 Å². The summed E-state index contributed by atoms with van der Waals surface area (Å²) in [6.45, 7) is 5.52. The third-order valence-corrected chi connectivity index (χ3v) is 4.97. The zero-order chi connectivity index (χ0) is 15.7. The van der Waals surface area contributed by atoms with Crippen molar-refractivity contribution in [3.8, 4) is 5.75 Å². The van der Waals surface area contributed by atoms with Crippen molar-refractivity contribution in [1.82, 2.24) is 5.32 Å². The number of aryl methyl sites for hydroxylation is 1. The van der Waals surface area contributed by atoms with E-state index in [1.54, 1.807) is 0 Å². The molecule has 1 N–H and O–H groups in total. The van der Waals surface area contributed by atoms with Gasteiger partial charge < -0.3 is 19.6 Å². The molecule has 2 unspecified atom stereocenters. The Kier molecular flexibility index (Phi) is 3.99. The van der Waals surface area contributed by atoms with Crippen LogP contribution < -0.4 is 10.1 Å². The van der Waals surface area contributed by atoms with E-state index >= 15 is 0 Å². The van der Waals surface area contributed by atoms with Crippen LogP contribution in [0.15, 0.2) is 23.4 Å². The molecule has 2 saturated heterocycles. The second-order valence-electron chi connectivity index (χ2n) is 6.86. The molecule has 0 radical (unpaired) electrons. The first kappa shape index (κ1) is 15.0. The van der Waals surface area contributed by atoms with E-state index in [1.807, 2.05) is 0 Å². The zero-order valence-electron chi connectivity index (χ0n) is 13.6. The van der Waals surface area contributed by atoms with Crippen LogP contribution in [-0.4, -0.2) is 43.7 Å². The smallest absolute Gasteiger partial charge is 0.168 e. The molecule has 3 aliphatic rings. The molecule has 5 nitrogen and oxygen atoms in total. The Bertz CT molecular complexity index is 602. The molecule has 1 aromatic carbocycles. The van der Waals surface area contributed by atoms with Gasteiger partial charge in [0.2, 0.25) is 0 Å². The van der Waals surface area contributed by atoms with E-state index in [1.165, 1.54) is 6.42 Å². The Morgan fingerprint density at radius 3 is 3.13 bits per heavy atom. The van der Waals surface area contributed by atoms with Gasteiger partial charge in [-0.3, -0.25) is 0 Å². The Morgan fingerprint density at radius 1 is 1.39 bits per heavy atom. The van der Waals surface area contributed by atoms with Crippen molar-refractivity contribution in [2.45, 2.75) is 44.3 Å². The van der Waals surface area contributed by atoms with Crippen LogP contribution in [0.1, 0.15) is 36.8 Å². The molecule has 2 fully saturated rings. The van der Waals surface area contributed by atoms with Gasteiger partial charge in [0.25, 0.3) is 0 Å². The van der Waals surface area contributed by atoms with Crippen LogP contribution >= 0.6 is 0 Å². The van der Waals surface area contributed by atoms with Gasteiger partial charge in [-0.15, -0.1) is 0 Å². The van der Waals surface area contributed by atoms with Crippen LogP contribution in [0.3, 0.4) is 0 Å². The molecule has 0 bridgehead atoms. The van der Waals surface area contributed by atoms with Gasteiger partial charge in [-0.1, -0.05) is 17.3 Å². The number of hydrogen-bond acceptors (Lipinski definition) is 5. The topological polar surface area (TPSA) is 52.1 Å². The van der Waals surface area contributed by atoms with E-state index in [-0.39, 0.29) is 11.7 Å². The highest BCUT2D eigenvalue weighted by molar-refractivity contribution is 6.02. The molecule has 0 aliphatic carbocycles. The molecule has 23 heavy (non-hydrogen) atoms. The van der Waals surface area contributed by atoms with Crippen molar-refractivity contribution < 1.29 is 14.3 Å². The molecular formula is C18H24N2O3. The summed E-state index contributed by atoms with van der Waals surface area (Å²) in [6.07, 6.45) is 4.28. The van der Waals surface area contributed by atoms with Crippen molar-refractivity contribution in [1.29, 1.82) is 0 Å². The van der Waals surface area contributed by atoms with Crippen molar-refractivity contribution in [2.24, 2.45) is 5.16 Å². The zero-order valence-corrected chi connectivity index (χ0v) is 13.6. The number of nitrogens with one attached hydrogen (secondary N) is 1. The van der Waals surface area contributed by atoms with Gasteiger partial charge in [-0.05, 0) is 37.9 Å². The summed E-state index contributed by atoms with van der Waals surface area (Å²) >= 11 is 0. The van der Waals surface area contributed by atoms with Crippen molar-refractivity contribution >= 4 is 5.71 Å². The van der Waals surface area contributed by atoms with Crippen LogP contribution in [0.4, 0.5) is 0 Å². The van der Waals surface area contributed by atoms with E-state index in [4.69, 9.17) is 14.3 Å². The Balaban J connectivity index is 1.50. The first-order chi connectivity index (χ1) is 11.2.